The van der Waals surface area contributed by atoms with Gasteiger partial charge in [-0.25, -0.2) is 4.39 Å². The van der Waals surface area contributed by atoms with Gasteiger partial charge >= 0.3 is 0 Å². The molecule has 4 nitrogen and oxygen atoms in total. The van der Waals surface area contributed by atoms with Crippen molar-refractivity contribution in [2.24, 2.45) is 0 Å². The van der Waals surface area contributed by atoms with E-state index in [0.29, 0.717) is 43.7 Å². The molecule has 2 aliphatic rings. The van der Waals surface area contributed by atoms with Gasteiger partial charge < -0.3 is 14.7 Å². The molecule has 3 rings (SSSR count). The molecule has 1 spiro atoms. The number of carbonyl (C=O) groups excluding carboxylic acids is 1. The number of aliphatic hydroxyl groups excluding tert-OH is 1. The van der Waals surface area contributed by atoms with Crippen LogP contribution in [0.25, 0.3) is 0 Å². The first-order chi connectivity index (χ1) is 10.5. The number of nitrogens with zero attached hydrogens (tertiary/aromatic N) is 1. The summed E-state index contributed by atoms with van der Waals surface area (Å²) in [5, 5.41) is 10.2. The zero-order valence-electron chi connectivity index (χ0n) is 12.8. The first-order valence-electron chi connectivity index (χ1n) is 7.89. The van der Waals surface area contributed by atoms with Crippen LogP contribution < -0.4 is 0 Å². The zero-order chi connectivity index (χ0) is 15.7. The number of aliphatic hydroxyl groups is 1. The fraction of sp³-hybridized carbons (Fsp3) is 0.588. The molecule has 1 unspecified atom stereocenters. The van der Waals surface area contributed by atoms with E-state index in [-0.39, 0.29) is 11.7 Å². The molecule has 2 heterocycles. The van der Waals surface area contributed by atoms with E-state index in [0.717, 1.165) is 12.8 Å². The van der Waals surface area contributed by atoms with Gasteiger partial charge in [-0.2, -0.15) is 0 Å². The molecule has 1 N–H and O–H groups in total. The lowest BCUT2D eigenvalue weighted by Gasteiger charge is -2.46. The molecular weight excluding hydrogens is 285 g/mol. The highest BCUT2D eigenvalue weighted by molar-refractivity contribution is 5.94. The Hall–Kier alpha value is -1.46. The predicted molar refractivity (Wildman–Crippen MR) is 80.2 cm³/mol. The van der Waals surface area contributed by atoms with Crippen molar-refractivity contribution in [3.63, 3.8) is 0 Å². The summed E-state index contributed by atoms with van der Waals surface area (Å²) in [5.41, 5.74) is 0.421. The molecule has 1 atom stereocenters. The van der Waals surface area contributed by atoms with Crippen molar-refractivity contribution in [3.8, 4) is 0 Å². The molecule has 5 heteroatoms. The Kier molecular flexibility index (Phi) is 4.19. The van der Waals surface area contributed by atoms with E-state index in [1.165, 1.54) is 6.07 Å². The molecule has 120 valence electrons. The zero-order valence-corrected chi connectivity index (χ0v) is 12.8. The molecule has 0 aromatic heterocycles. The normalized spacial score (nSPS) is 24.5. The van der Waals surface area contributed by atoms with Crippen LogP contribution in [0.2, 0.25) is 0 Å². The average molecular weight is 307 g/mol. The minimum absolute atomic E-state index is 0.154. The van der Waals surface area contributed by atoms with Crippen molar-refractivity contribution < 1.29 is 19.0 Å². The Morgan fingerprint density at radius 1 is 1.41 bits per heavy atom. The molecule has 1 aromatic carbocycles. The highest BCUT2D eigenvalue weighted by Gasteiger charge is 2.44. The summed E-state index contributed by atoms with van der Waals surface area (Å²) in [6.45, 7) is 3.42. The number of hydrogen-bond acceptors (Lipinski definition) is 3. The second-order valence-corrected chi connectivity index (χ2v) is 6.33. The predicted octanol–water partition coefficient (Wildman–Crippen LogP) is 2.28. The van der Waals surface area contributed by atoms with Crippen LogP contribution in [0, 0.1) is 12.7 Å². The van der Waals surface area contributed by atoms with Crippen LogP contribution in [0.3, 0.4) is 0 Å². The number of ether oxygens (including phenoxy) is 1. The van der Waals surface area contributed by atoms with Gasteiger partial charge in [-0.1, -0.05) is 6.07 Å². The molecule has 0 saturated carbocycles. The van der Waals surface area contributed by atoms with E-state index in [1.807, 2.05) is 0 Å². The lowest BCUT2D eigenvalue weighted by Crippen LogP contribution is -2.56. The Balaban J connectivity index is 1.68. The summed E-state index contributed by atoms with van der Waals surface area (Å²) in [7, 11) is 0. The fourth-order valence-corrected chi connectivity index (χ4v) is 3.39. The number of aryl methyl sites for hydroxylation is 1. The van der Waals surface area contributed by atoms with Crippen molar-refractivity contribution in [1.29, 1.82) is 0 Å². The maximum Gasteiger partial charge on any atom is 0.253 e. The minimum atomic E-state index is -0.493. The maximum absolute atomic E-state index is 13.6. The largest absolute Gasteiger partial charge is 0.390 e. The van der Waals surface area contributed by atoms with Gasteiger partial charge in [0.15, 0.2) is 0 Å². The van der Waals surface area contributed by atoms with Crippen molar-refractivity contribution in [2.45, 2.75) is 44.3 Å². The van der Waals surface area contributed by atoms with Crippen LogP contribution in [0.5, 0.6) is 0 Å². The lowest BCUT2D eigenvalue weighted by atomic mass is 9.82. The molecule has 2 saturated heterocycles. The third-order valence-electron chi connectivity index (χ3n) is 4.93. The summed E-state index contributed by atoms with van der Waals surface area (Å²) < 4.78 is 19.5. The summed E-state index contributed by atoms with van der Waals surface area (Å²) >= 11 is 0. The SMILES string of the molecule is Cc1ccc(C(=O)N2CCC3(CC2)OCCCC3O)cc1F. The van der Waals surface area contributed by atoms with E-state index >= 15 is 0 Å². The molecule has 1 amide bonds. The molecule has 0 aliphatic carbocycles. The number of piperidine rings is 1. The van der Waals surface area contributed by atoms with Gasteiger partial charge in [0.1, 0.15) is 5.82 Å². The monoisotopic (exact) mass is 307 g/mol. The van der Waals surface area contributed by atoms with Crippen molar-refractivity contribution >= 4 is 5.91 Å². The molecule has 2 aliphatic heterocycles. The van der Waals surface area contributed by atoms with Crippen LogP contribution in [0.1, 0.15) is 41.6 Å². The van der Waals surface area contributed by atoms with E-state index in [2.05, 4.69) is 0 Å². The number of carbonyl (C=O) groups is 1. The van der Waals surface area contributed by atoms with Gasteiger partial charge in [-0.3, -0.25) is 4.79 Å². The van der Waals surface area contributed by atoms with Crippen LogP contribution in [-0.2, 0) is 4.74 Å². The van der Waals surface area contributed by atoms with Gasteiger partial charge in [0.05, 0.1) is 11.7 Å². The molecule has 0 radical (unpaired) electrons. The standard InChI is InChI=1S/C17H22FNO3/c1-12-4-5-13(11-14(12)18)16(21)19-8-6-17(7-9-19)15(20)3-2-10-22-17/h4-5,11,15,20H,2-3,6-10H2,1H3. The van der Waals surface area contributed by atoms with Crippen LogP contribution in [0.15, 0.2) is 18.2 Å². The number of halogens is 1. The first-order valence-corrected chi connectivity index (χ1v) is 7.89. The highest BCUT2D eigenvalue weighted by atomic mass is 19.1. The van der Waals surface area contributed by atoms with E-state index in [1.54, 1.807) is 24.0 Å². The third kappa shape index (κ3) is 2.75. The molecule has 22 heavy (non-hydrogen) atoms. The molecular formula is C17H22FNO3. The minimum Gasteiger partial charge on any atom is -0.390 e. The van der Waals surface area contributed by atoms with E-state index < -0.39 is 11.7 Å². The highest BCUT2D eigenvalue weighted by Crippen LogP contribution is 2.35. The molecule has 0 bridgehead atoms. The smallest absolute Gasteiger partial charge is 0.253 e. The number of benzene rings is 1. The summed E-state index contributed by atoms with van der Waals surface area (Å²) in [6.07, 6.45) is 2.46. The number of hydrogen-bond donors (Lipinski definition) is 1. The van der Waals surface area contributed by atoms with E-state index in [4.69, 9.17) is 4.74 Å². The molecule has 2 fully saturated rings. The average Bonchev–Trinajstić information content (AvgIpc) is 2.53. The topological polar surface area (TPSA) is 49.8 Å². The van der Waals surface area contributed by atoms with Gasteiger partial charge in [-0.05, 0) is 50.3 Å². The second-order valence-electron chi connectivity index (χ2n) is 6.33. The van der Waals surface area contributed by atoms with E-state index in [9.17, 15) is 14.3 Å². The summed E-state index contributed by atoms with van der Waals surface area (Å²) in [4.78, 5) is 14.2. The van der Waals surface area contributed by atoms with Crippen LogP contribution >= 0.6 is 0 Å². The third-order valence-corrected chi connectivity index (χ3v) is 4.93. The van der Waals surface area contributed by atoms with Gasteiger partial charge in [0.2, 0.25) is 0 Å². The van der Waals surface area contributed by atoms with Gasteiger partial charge in [-0.15, -0.1) is 0 Å². The number of amides is 1. The van der Waals surface area contributed by atoms with Crippen molar-refractivity contribution in [3.05, 3.63) is 35.1 Å². The summed E-state index contributed by atoms with van der Waals surface area (Å²) in [5.74, 6) is -0.510. The quantitative estimate of drug-likeness (QED) is 0.866. The lowest BCUT2D eigenvalue weighted by molar-refractivity contribution is -0.174. The Bertz CT molecular complexity index is 567. The Morgan fingerprint density at radius 3 is 2.77 bits per heavy atom. The Labute approximate surface area is 129 Å². The van der Waals surface area contributed by atoms with Gasteiger partial charge in [0.25, 0.3) is 5.91 Å². The van der Waals surface area contributed by atoms with Crippen molar-refractivity contribution in [1.82, 2.24) is 4.90 Å². The maximum atomic E-state index is 13.6. The number of rotatable bonds is 1. The molecule has 1 aromatic rings. The van der Waals surface area contributed by atoms with Crippen LogP contribution in [-0.4, -0.2) is 47.3 Å². The van der Waals surface area contributed by atoms with Gasteiger partial charge in [0, 0.05) is 25.3 Å². The second kappa shape index (κ2) is 5.97. The fourth-order valence-electron chi connectivity index (χ4n) is 3.39. The summed E-state index contributed by atoms with van der Waals surface area (Å²) in [6, 6.07) is 4.59. The first kappa shape index (κ1) is 15.4. The van der Waals surface area contributed by atoms with Crippen molar-refractivity contribution in [2.75, 3.05) is 19.7 Å². The Morgan fingerprint density at radius 2 is 2.14 bits per heavy atom. The number of likely N-dealkylation sites (tertiary alicyclic amines) is 1. The van der Waals surface area contributed by atoms with Crippen LogP contribution in [0.4, 0.5) is 4.39 Å².